The maximum Gasteiger partial charge on any atom is 0.220 e. The van der Waals surface area contributed by atoms with Gasteiger partial charge in [-0.2, -0.15) is 0 Å². The molecule has 0 aliphatic carbocycles. The van der Waals surface area contributed by atoms with Crippen LogP contribution in [0.3, 0.4) is 0 Å². The number of rotatable bonds is 5. The highest BCUT2D eigenvalue weighted by atomic mass is 35.5. The Kier molecular flexibility index (Phi) is 6.54. The van der Waals surface area contributed by atoms with Crippen molar-refractivity contribution >= 4 is 18.3 Å². The van der Waals surface area contributed by atoms with Gasteiger partial charge in [0.05, 0.1) is 6.10 Å². The molecule has 3 aliphatic rings. The monoisotopic (exact) mass is 330 g/mol. The Morgan fingerprint density at radius 2 is 1.91 bits per heavy atom. The van der Waals surface area contributed by atoms with E-state index >= 15 is 0 Å². The third-order valence-corrected chi connectivity index (χ3v) is 5.53. The molecule has 0 aromatic heterocycles. The largest absolute Gasteiger partial charge is 0.378 e. The second-order valence-corrected chi connectivity index (χ2v) is 7.61. The molecule has 3 heterocycles. The van der Waals surface area contributed by atoms with Gasteiger partial charge in [-0.15, -0.1) is 12.4 Å². The van der Waals surface area contributed by atoms with Crippen molar-refractivity contribution in [3.8, 4) is 0 Å². The number of nitrogens with one attached hydrogen (secondary N) is 2. The molecule has 3 fully saturated rings. The molecule has 22 heavy (non-hydrogen) atoms. The number of hydrogen-bond donors (Lipinski definition) is 2. The summed E-state index contributed by atoms with van der Waals surface area (Å²) in [5.74, 6) is 1.87. The van der Waals surface area contributed by atoms with Crippen molar-refractivity contribution in [3.05, 3.63) is 0 Å². The van der Waals surface area contributed by atoms with Gasteiger partial charge in [0.15, 0.2) is 0 Å². The first-order valence-corrected chi connectivity index (χ1v) is 8.76. The molecule has 2 N–H and O–H groups in total. The molecule has 128 valence electrons. The van der Waals surface area contributed by atoms with E-state index in [-0.39, 0.29) is 18.3 Å². The van der Waals surface area contributed by atoms with Gasteiger partial charge in [-0.05, 0) is 43.9 Å². The number of carbonyl (C=O) groups is 1. The summed E-state index contributed by atoms with van der Waals surface area (Å²) in [6, 6.07) is 1.35. The molecule has 0 radical (unpaired) electrons. The Morgan fingerprint density at radius 1 is 1.23 bits per heavy atom. The third-order valence-electron chi connectivity index (χ3n) is 5.53. The van der Waals surface area contributed by atoms with Crippen LogP contribution in [0.25, 0.3) is 0 Å². The van der Waals surface area contributed by atoms with E-state index in [0.29, 0.717) is 42.4 Å². The highest BCUT2D eigenvalue weighted by Crippen LogP contribution is 2.32. The van der Waals surface area contributed by atoms with Crippen LogP contribution in [0.5, 0.6) is 0 Å². The van der Waals surface area contributed by atoms with E-state index in [4.69, 9.17) is 4.74 Å². The van der Waals surface area contributed by atoms with Gasteiger partial charge in [0.2, 0.25) is 5.91 Å². The summed E-state index contributed by atoms with van der Waals surface area (Å²) in [4.78, 5) is 12.2. The average Bonchev–Trinajstić information content (AvgIpc) is 3.03. The van der Waals surface area contributed by atoms with Gasteiger partial charge >= 0.3 is 0 Å². The van der Waals surface area contributed by atoms with Crippen LogP contribution >= 0.6 is 12.4 Å². The molecule has 0 saturated carbocycles. The van der Waals surface area contributed by atoms with Crippen molar-refractivity contribution < 1.29 is 9.53 Å². The molecule has 4 nitrogen and oxygen atoms in total. The predicted octanol–water partition coefficient (Wildman–Crippen LogP) is 2.51. The Bertz CT molecular complexity index is 366. The number of carbonyl (C=O) groups excluding carboxylic acids is 1. The summed E-state index contributed by atoms with van der Waals surface area (Å²) in [7, 11) is 0. The minimum Gasteiger partial charge on any atom is -0.378 e. The number of piperidine rings is 1. The van der Waals surface area contributed by atoms with E-state index in [1.807, 2.05) is 0 Å². The zero-order valence-electron chi connectivity index (χ0n) is 13.8. The highest BCUT2D eigenvalue weighted by molar-refractivity contribution is 5.85. The van der Waals surface area contributed by atoms with Gasteiger partial charge in [0.25, 0.3) is 0 Å². The Morgan fingerprint density at radius 3 is 2.55 bits per heavy atom. The average molecular weight is 331 g/mol. The molecular weight excluding hydrogens is 300 g/mol. The van der Waals surface area contributed by atoms with Crippen molar-refractivity contribution in [2.24, 2.45) is 17.8 Å². The molecule has 5 heteroatoms. The lowest BCUT2D eigenvalue weighted by atomic mass is 9.89. The van der Waals surface area contributed by atoms with Crippen molar-refractivity contribution in [3.63, 3.8) is 0 Å². The number of fused-ring (bicyclic) bond motifs is 2. The lowest BCUT2D eigenvalue weighted by Crippen LogP contribution is -2.40. The van der Waals surface area contributed by atoms with Gasteiger partial charge in [0.1, 0.15) is 0 Å². The van der Waals surface area contributed by atoms with E-state index in [0.717, 1.165) is 19.6 Å². The molecule has 4 atom stereocenters. The van der Waals surface area contributed by atoms with Crippen molar-refractivity contribution in [1.82, 2.24) is 10.6 Å². The topological polar surface area (TPSA) is 50.4 Å². The molecular formula is C17H31ClN2O2. The van der Waals surface area contributed by atoms with Crippen LogP contribution < -0.4 is 10.6 Å². The van der Waals surface area contributed by atoms with Crippen molar-refractivity contribution in [1.29, 1.82) is 0 Å². The molecule has 0 aromatic rings. The lowest BCUT2D eigenvalue weighted by Gasteiger charge is -2.29. The number of halogens is 1. The third kappa shape index (κ3) is 4.36. The molecule has 3 aliphatic heterocycles. The van der Waals surface area contributed by atoms with Crippen LogP contribution in [-0.2, 0) is 9.53 Å². The summed E-state index contributed by atoms with van der Waals surface area (Å²) in [5, 5.41) is 6.81. The van der Waals surface area contributed by atoms with Crippen LogP contribution in [0, 0.1) is 17.8 Å². The summed E-state index contributed by atoms with van der Waals surface area (Å²) < 4.78 is 5.79. The van der Waals surface area contributed by atoms with E-state index < -0.39 is 0 Å². The first-order valence-electron chi connectivity index (χ1n) is 8.76. The van der Waals surface area contributed by atoms with Gasteiger partial charge in [0, 0.05) is 37.6 Å². The van der Waals surface area contributed by atoms with Gasteiger partial charge in [-0.3, -0.25) is 4.79 Å². The fourth-order valence-electron chi connectivity index (χ4n) is 4.53. The van der Waals surface area contributed by atoms with Gasteiger partial charge in [-0.25, -0.2) is 0 Å². The van der Waals surface area contributed by atoms with Crippen LogP contribution in [-0.4, -0.2) is 37.2 Å². The van der Waals surface area contributed by atoms with Crippen molar-refractivity contribution in [2.45, 2.75) is 70.6 Å². The van der Waals surface area contributed by atoms with Crippen LogP contribution in [0.4, 0.5) is 0 Å². The molecule has 3 rings (SSSR count). The van der Waals surface area contributed by atoms with E-state index in [2.05, 4.69) is 24.5 Å². The number of amides is 1. The van der Waals surface area contributed by atoms with Crippen molar-refractivity contribution in [2.75, 3.05) is 13.2 Å². The molecule has 3 saturated heterocycles. The second kappa shape index (κ2) is 7.98. The molecule has 2 bridgehead atoms. The maximum atomic E-state index is 12.2. The zero-order chi connectivity index (χ0) is 14.8. The minimum atomic E-state index is 0. The normalized spacial score (nSPS) is 37.1. The molecule has 0 aromatic carbocycles. The Balaban J connectivity index is 0.00000176. The quantitative estimate of drug-likeness (QED) is 0.814. The number of hydrogen-bond acceptors (Lipinski definition) is 3. The fourth-order valence-corrected chi connectivity index (χ4v) is 4.53. The maximum absolute atomic E-state index is 12.2. The Labute approximate surface area is 140 Å². The van der Waals surface area contributed by atoms with E-state index in [9.17, 15) is 4.79 Å². The Hall–Kier alpha value is -0.320. The minimum absolute atomic E-state index is 0. The van der Waals surface area contributed by atoms with Crippen LogP contribution in [0.15, 0.2) is 0 Å². The van der Waals surface area contributed by atoms with Gasteiger partial charge < -0.3 is 15.4 Å². The first-order chi connectivity index (χ1) is 10.1. The second-order valence-electron chi connectivity index (χ2n) is 7.61. The van der Waals surface area contributed by atoms with Crippen LogP contribution in [0.2, 0.25) is 0 Å². The SMILES string of the molecule is CC(C)C1OCCC1CNC(=O)CC1CC2CCC(C1)N2.Cl. The molecule has 1 amide bonds. The summed E-state index contributed by atoms with van der Waals surface area (Å²) in [5.41, 5.74) is 0. The molecule has 0 spiro atoms. The number of ether oxygens (including phenoxy) is 1. The highest BCUT2D eigenvalue weighted by Gasteiger charge is 2.35. The lowest BCUT2D eigenvalue weighted by molar-refractivity contribution is -0.122. The predicted molar refractivity (Wildman–Crippen MR) is 90.2 cm³/mol. The first kappa shape index (κ1) is 18.0. The summed E-state index contributed by atoms with van der Waals surface area (Å²) in [6.45, 7) is 6.05. The summed E-state index contributed by atoms with van der Waals surface area (Å²) in [6.07, 6.45) is 7.10. The smallest absolute Gasteiger partial charge is 0.220 e. The van der Waals surface area contributed by atoms with Crippen LogP contribution in [0.1, 0.15) is 52.4 Å². The zero-order valence-corrected chi connectivity index (χ0v) is 14.7. The van der Waals surface area contributed by atoms with E-state index in [1.165, 1.54) is 25.7 Å². The molecule has 4 unspecified atom stereocenters. The van der Waals surface area contributed by atoms with E-state index in [1.54, 1.807) is 0 Å². The van der Waals surface area contributed by atoms with Gasteiger partial charge in [-0.1, -0.05) is 13.8 Å². The standard InChI is InChI=1S/C17H30N2O2.ClH/c1-11(2)17-13(5-6-21-17)10-18-16(20)9-12-7-14-3-4-15(8-12)19-14;/h11-15,17,19H,3-10H2,1-2H3,(H,18,20);1H. The summed E-state index contributed by atoms with van der Waals surface area (Å²) >= 11 is 0. The fraction of sp³-hybridized carbons (Fsp3) is 0.941.